The molecule has 1 aliphatic rings. The third-order valence-corrected chi connectivity index (χ3v) is 6.83. The largest absolute Gasteiger partial charge is 0.469 e. The Kier molecular flexibility index (Phi) is 5.78. The molecule has 1 aromatic carbocycles. The average molecular weight is 500 g/mol. The first-order valence-electron chi connectivity index (χ1n) is 11.3. The van der Waals surface area contributed by atoms with E-state index in [0.717, 1.165) is 17.0 Å². The number of hydrogen-bond acceptors (Lipinski definition) is 8. The van der Waals surface area contributed by atoms with Gasteiger partial charge in [0, 0.05) is 12.1 Å². The van der Waals surface area contributed by atoms with Crippen LogP contribution in [0, 0.1) is 6.92 Å². The van der Waals surface area contributed by atoms with Crippen LogP contribution in [0.1, 0.15) is 29.7 Å². The van der Waals surface area contributed by atoms with E-state index in [9.17, 15) is 4.79 Å². The topological polar surface area (TPSA) is 103 Å². The van der Waals surface area contributed by atoms with Crippen molar-refractivity contribution in [2.75, 3.05) is 5.75 Å². The molecule has 0 aliphatic carbocycles. The lowest BCUT2D eigenvalue weighted by Gasteiger charge is -2.19. The lowest BCUT2D eigenvalue weighted by atomic mass is 10.1. The fourth-order valence-electron chi connectivity index (χ4n) is 4.19. The van der Waals surface area contributed by atoms with E-state index in [2.05, 4.69) is 15.3 Å². The molecule has 5 aromatic rings. The van der Waals surface area contributed by atoms with E-state index in [4.69, 9.17) is 13.3 Å². The number of thioether (sulfide) groups is 1. The van der Waals surface area contributed by atoms with Crippen LogP contribution in [0.2, 0.25) is 0 Å². The molecule has 0 bridgehead atoms. The Balaban J connectivity index is 1.29. The predicted molar refractivity (Wildman–Crippen MR) is 133 cm³/mol. The van der Waals surface area contributed by atoms with Crippen molar-refractivity contribution in [1.29, 1.82) is 0 Å². The van der Waals surface area contributed by atoms with Crippen LogP contribution in [-0.2, 0) is 4.79 Å². The summed E-state index contributed by atoms with van der Waals surface area (Å²) in [6.07, 6.45) is 5.32. The normalized spacial score (nSPS) is 15.4. The Morgan fingerprint density at radius 3 is 2.53 bits per heavy atom. The summed E-state index contributed by atoms with van der Waals surface area (Å²) in [5.74, 6) is 2.64. The van der Waals surface area contributed by atoms with Crippen LogP contribution in [0.15, 0.2) is 103 Å². The monoisotopic (exact) mass is 499 g/mol. The van der Waals surface area contributed by atoms with Crippen LogP contribution in [0.25, 0.3) is 17.1 Å². The van der Waals surface area contributed by atoms with Gasteiger partial charge in [-0.05, 0) is 49.4 Å². The molecular formula is C26H21N5O4S. The van der Waals surface area contributed by atoms with Gasteiger partial charge in [-0.15, -0.1) is 10.2 Å². The van der Waals surface area contributed by atoms with E-state index in [1.165, 1.54) is 16.8 Å². The molecule has 0 fully saturated rings. The second-order valence-corrected chi connectivity index (χ2v) is 9.10. The van der Waals surface area contributed by atoms with Gasteiger partial charge in [-0.1, -0.05) is 30.0 Å². The molecule has 1 unspecified atom stereocenters. The predicted octanol–water partition coefficient (Wildman–Crippen LogP) is 5.49. The SMILES string of the molecule is Cc1occc1-c1nnc(SCC(=O)N2N=C(c3ccco3)CC2c2ccco2)n1-c1ccccc1. The summed E-state index contributed by atoms with van der Waals surface area (Å²) in [4.78, 5) is 13.4. The number of benzene rings is 1. The highest BCUT2D eigenvalue weighted by Crippen LogP contribution is 2.35. The van der Waals surface area contributed by atoms with Gasteiger partial charge in [0.25, 0.3) is 5.91 Å². The number of rotatable bonds is 7. The van der Waals surface area contributed by atoms with Gasteiger partial charge >= 0.3 is 0 Å². The Morgan fingerprint density at radius 2 is 1.81 bits per heavy atom. The lowest BCUT2D eigenvalue weighted by Crippen LogP contribution is -2.28. The quantitative estimate of drug-likeness (QED) is 0.273. The number of aryl methyl sites for hydroxylation is 1. The van der Waals surface area contributed by atoms with E-state index in [-0.39, 0.29) is 17.7 Å². The Hall–Kier alpha value is -4.31. The zero-order valence-corrected chi connectivity index (χ0v) is 20.1. The van der Waals surface area contributed by atoms with Crippen molar-refractivity contribution >= 4 is 23.4 Å². The van der Waals surface area contributed by atoms with Gasteiger partial charge in [0.2, 0.25) is 0 Å². The maximum atomic E-state index is 13.4. The zero-order valence-electron chi connectivity index (χ0n) is 19.3. The molecule has 0 spiro atoms. The van der Waals surface area contributed by atoms with Gasteiger partial charge in [0.15, 0.2) is 11.0 Å². The molecular weight excluding hydrogens is 478 g/mol. The first-order valence-corrected chi connectivity index (χ1v) is 12.3. The van der Waals surface area contributed by atoms with Gasteiger partial charge in [-0.2, -0.15) is 5.10 Å². The molecule has 1 aliphatic heterocycles. The van der Waals surface area contributed by atoms with Crippen molar-refractivity contribution in [2.45, 2.75) is 24.5 Å². The number of para-hydroxylation sites is 1. The molecule has 1 atom stereocenters. The molecule has 0 saturated carbocycles. The second kappa shape index (κ2) is 9.38. The van der Waals surface area contributed by atoms with Crippen molar-refractivity contribution in [3.8, 4) is 17.1 Å². The summed E-state index contributed by atoms with van der Waals surface area (Å²) in [5, 5.41) is 15.5. The molecule has 10 heteroatoms. The summed E-state index contributed by atoms with van der Waals surface area (Å²) in [7, 11) is 0. The summed E-state index contributed by atoms with van der Waals surface area (Å²) < 4.78 is 18.6. The number of amides is 1. The van der Waals surface area contributed by atoms with Gasteiger partial charge in [-0.3, -0.25) is 9.36 Å². The second-order valence-electron chi connectivity index (χ2n) is 8.15. The molecule has 6 rings (SSSR count). The highest BCUT2D eigenvalue weighted by molar-refractivity contribution is 7.99. The third-order valence-electron chi connectivity index (χ3n) is 5.92. The molecule has 9 nitrogen and oxygen atoms in total. The molecule has 0 N–H and O–H groups in total. The van der Waals surface area contributed by atoms with E-state index in [0.29, 0.717) is 34.6 Å². The van der Waals surface area contributed by atoms with Crippen molar-refractivity contribution in [2.24, 2.45) is 5.10 Å². The number of hydrazone groups is 1. The van der Waals surface area contributed by atoms with Crippen LogP contribution >= 0.6 is 11.8 Å². The maximum Gasteiger partial charge on any atom is 0.253 e. The van der Waals surface area contributed by atoms with Crippen LogP contribution in [0.3, 0.4) is 0 Å². The highest BCUT2D eigenvalue weighted by atomic mass is 32.2. The van der Waals surface area contributed by atoms with Crippen molar-refractivity contribution in [3.05, 3.63) is 96.7 Å². The van der Waals surface area contributed by atoms with E-state index < -0.39 is 0 Å². The maximum absolute atomic E-state index is 13.4. The Bertz CT molecular complexity index is 1500. The van der Waals surface area contributed by atoms with Crippen molar-refractivity contribution in [3.63, 3.8) is 0 Å². The molecule has 5 heterocycles. The fraction of sp³-hybridized carbons (Fsp3) is 0.154. The summed E-state index contributed by atoms with van der Waals surface area (Å²) in [6.45, 7) is 1.88. The zero-order chi connectivity index (χ0) is 24.5. The number of carbonyl (C=O) groups is 1. The van der Waals surface area contributed by atoms with Gasteiger partial charge in [0.05, 0.1) is 30.1 Å². The van der Waals surface area contributed by atoms with Gasteiger partial charge < -0.3 is 13.3 Å². The average Bonchev–Trinajstić information content (AvgIpc) is 3.72. The van der Waals surface area contributed by atoms with Crippen LogP contribution in [0.4, 0.5) is 0 Å². The van der Waals surface area contributed by atoms with E-state index in [1.807, 2.05) is 60.0 Å². The first-order chi connectivity index (χ1) is 17.7. The summed E-state index contributed by atoms with van der Waals surface area (Å²) >= 11 is 1.30. The standard InChI is InChI=1S/C26H21N5O4S/c1-17-19(11-14-33-17)25-27-28-26(30(25)18-7-3-2-4-8-18)36-16-24(32)31-21(23-10-6-13-35-23)15-20(29-31)22-9-5-12-34-22/h2-14,21H,15-16H2,1H3. The van der Waals surface area contributed by atoms with Crippen molar-refractivity contribution in [1.82, 2.24) is 19.8 Å². The van der Waals surface area contributed by atoms with Crippen molar-refractivity contribution < 1.29 is 18.0 Å². The summed E-state index contributed by atoms with van der Waals surface area (Å²) in [5.41, 5.74) is 2.43. The molecule has 1 amide bonds. The number of nitrogens with zero attached hydrogens (tertiary/aromatic N) is 5. The molecule has 180 valence electrons. The number of carbonyl (C=O) groups excluding carboxylic acids is 1. The highest BCUT2D eigenvalue weighted by Gasteiger charge is 2.36. The minimum atomic E-state index is -0.343. The fourth-order valence-corrected chi connectivity index (χ4v) is 5.00. The summed E-state index contributed by atoms with van der Waals surface area (Å²) in [6, 6.07) is 18.6. The first kappa shape index (κ1) is 22.2. The minimum Gasteiger partial charge on any atom is -0.469 e. The lowest BCUT2D eigenvalue weighted by molar-refractivity contribution is -0.130. The number of hydrogen-bond donors (Lipinski definition) is 0. The Morgan fingerprint density at radius 1 is 0.972 bits per heavy atom. The molecule has 0 radical (unpaired) electrons. The van der Waals surface area contributed by atoms with Gasteiger partial charge in [-0.25, -0.2) is 5.01 Å². The number of aromatic nitrogens is 3. The molecule has 4 aromatic heterocycles. The number of furan rings is 3. The van der Waals surface area contributed by atoms with Crippen LogP contribution in [0.5, 0.6) is 0 Å². The minimum absolute atomic E-state index is 0.113. The third kappa shape index (κ3) is 4.05. The van der Waals surface area contributed by atoms with E-state index in [1.54, 1.807) is 30.9 Å². The van der Waals surface area contributed by atoms with Gasteiger partial charge in [0.1, 0.15) is 29.0 Å². The van der Waals surface area contributed by atoms with E-state index >= 15 is 0 Å². The molecule has 0 saturated heterocycles. The molecule has 36 heavy (non-hydrogen) atoms. The van der Waals surface area contributed by atoms with Crippen LogP contribution in [-0.4, -0.2) is 37.1 Å². The Labute approximate surface area is 210 Å². The van der Waals surface area contributed by atoms with Crippen LogP contribution < -0.4 is 0 Å². The smallest absolute Gasteiger partial charge is 0.253 e.